The topological polar surface area (TPSA) is 29.3 Å². The van der Waals surface area contributed by atoms with Crippen molar-refractivity contribution in [3.05, 3.63) is 22.4 Å². The maximum atomic E-state index is 5.95. The Balaban J connectivity index is 2.03. The van der Waals surface area contributed by atoms with Crippen LogP contribution >= 0.6 is 11.3 Å². The van der Waals surface area contributed by atoms with Gasteiger partial charge in [-0.05, 0) is 49.7 Å². The van der Waals surface area contributed by atoms with Crippen molar-refractivity contribution in [1.29, 1.82) is 0 Å². The van der Waals surface area contributed by atoms with Gasteiger partial charge in [0, 0.05) is 11.4 Å². The summed E-state index contributed by atoms with van der Waals surface area (Å²) >= 11 is 1.84. The van der Waals surface area contributed by atoms with Crippen molar-refractivity contribution in [2.24, 2.45) is 11.7 Å². The third-order valence-corrected chi connectivity index (χ3v) is 4.56. The van der Waals surface area contributed by atoms with Gasteiger partial charge in [0.15, 0.2) is 0 Å². The molecule has 0 amide bonds. The predicted molar refractivity (Wildman–Crippen MR) is 70.7 cm³/mol. The molecule has 2 unspecified atom stereocenters. The fourth-order valence-corrected chi connectivity index (χ4v) is 3.40. The summed E-state index contributed by atoms with van der Waals surface area (Å²) in [7, 11) is 0. The molecule has 0 radical (unpaired) electrons. The van der Waals surface area contributed by atoms with Crippen molar-refractivity contribution in [3.8, 4) is 0 Å². The molecule has 0 spiro atoms. The summed E-state index contributed by atoms with van der Waals surface area (Å²) in [6.07, 6.45) is 4.02. The summed E-state index contributed by atoms with van der Waals surface area (Å²) in [4.78, 5) is 4.01. The van der Waals surface area contributed by atoms with Crippen molar-refractivity contribution < 1.29 is 0 Å². The molecule has 16 heavy (non-hydrogen) atoms. The number of hydrogen-bond acceptors (Lipinski definition) is 3. The zero-order valence-electron chi connectivity index (χ0n) is 10.1. The second-order valence-corrected chi connectivity index (χ2v) is 5.82. The quantitative estimate of drug-likeness (QED) is 0.877. The number of nitrogens with two attached hydrogens (primary N) is 1. The average molecular weight is 238 g/mol. The minimum Gasteiger partial charge on any atom is -0.329 e. The van der Waals surface area contributed by atoms with Crippen LogP contribution in [0.15, 0.2) is 17.5 Å². The molecule has 1 aliphatic heterocycles. The highest BCUT2D eigenvalue weighted by atomic mass is 32.1. The van der Waals surface area contributed by atoms with Crippen LogP contribution in [0.2, 0.25) is 0 Å². The molecular weight excluding hydrogens is 216 g/mol. The molecule has 0 aliphatic carbocycles. The molecule has 0 saturated carbocycles. The third kappa shape index (κ3) is 2.84. The molecule has 1 saturated heterocycles. The van der Waals surface area contributed by atoms with E-state index in [0.29, 0.717) is 6.04 Å². The first-order chi connectivity index (χ1) is 7.81. The monoisotopic (exact) mass is 238 g/mol. The Morgan fingerprint density at radius 1 is 1.50 bits per heavy atom. The fourth-order valence-electron chi connectivity index (χ4n) is 2.52. The second-order valence-electron chi connectivity index (χ2n) is 4.84. The molecular formula is C13H22N2S. The van der Waals surface area contributed by atoms with Crippen LogP contribution in [0.4, 0.5) is 0 Å². The number of thiophene rings is 1. The molecule has 2 rings (SSSR count). The van der Waals surface area contributed by atoms with Crippen LogP contribution in [0.1, 0.15) is 37.1 Å². The van der Waals surface area contributed by atoms with Gasteiger partial charge >= 0.3 is 0 Å². The smallest absolute Gasteiger partial charge is 0.0564 e. The van der Waals surface area contributed by atoms with E-state index in [0.717, 1.165) is 12.5 Å². The number of rotatable bonds is 3. The summed E-state index contributed by atoms with van der Waals surface area (Å²) in [6.45, 7) is 5.53. The molecule has 0 aromatic carbocycles. The third-order valence-electron chi connectivity index (χ3n) is 3.59. The Kier molecular flexibility index (Phi) is 4.38. The Labute approximate surface area is 102 Å². The van der Waals surface area contributed by atoms with Crippen molar-refractivity contribution in [2.75, 3.05) is 19.6 Å². The van der Waals surface area contributed by atoms with Gasteiger partial charge in [-0.2, -0.15) is 0 Å². The summed E-state index contributed by atoms with van der Waals surface area (Å²) < 4.78 is 0. The van der Waals surface area contributed by atoms with Gasteiger partial charge in [-0.15, -0.1) is 11.3 Å². The molecule has 1 aromatic heterocycles. The molecule has 2 nitrogen and oxygen atoms in total. The van der Waals surface area contributed by atoms with E-state index in [1.54, 1.807) is 0 Å². The zero-order valence-corrected chi connectivity index (χ0v) is 10.9. The lowest BCUT2D eigenvalue weighted by atomic mass is 10.0. The van der Waals surface area contributed by atoms with Crippen molar-refractivity contribution in [3.63, 3.8) is 0 Å². The Hall–Kier alpha value is -0.380. The minimum absolute atomic E-state index is 0.449. The summed E-state index contributed by atoms with van der Waals surface area (Å²) in [5.41, 5.74) is 5.95. The maximum absolute atomic E-state index is 5.95. The van der Waals surface area contributed by atoms with Crippen LogP contribution in [0.3, 0.4) is 0 Å². The molecule has 1 fully saturated rings. The molecule has 2 atom stereocenters. The minimum atomic E-state index is 0.449. The highest BCUT2D eigenvalue weighted by molar-refractivity contribution is 7.10. The van der Waals surface area contributed by atoms with Gasteiger partial charge in [0.2, 0.25) is 0 Å². The van der Waals surface area contributed by atoms with E-state index >= 15 is 0 Å². The van der Waals surface area contributed by atoms with Gasteiger partial charge < -0.3 is 5.73 Å². The average Bonchev–Trinajstić information content (AvgIpc) is 2.71. The number of nitrogens with zero attached hydrogens (tertiary/aromatic N) is 1. The molecule has 2 heterocycles. The van der Waals surface area contributed by atoms with E-state index in [1.165, 1.54) is 37.2 Å². The molecule has 0 bridgehead atoms. The van der Waals surface area contributed by atoms with Crippen LogP contribution in [0.25, 0.3) is 0 Å². The van der Waals surface area contributed by atoms with E-state index in [4.69, 9.17) is 5.73 Å². The summed E-state index contributed by atoms with van der Waals surface area (Å²) in [5, 5.41) is 2.15. The first-order valence-electron chi connectivity index (χ1n) is 6.28. The zero-order chi connectivity index (χ0) is 11.4. The SMILES string of the molecule is CC1CCCN(C(CN)c2cccs2)CC1. The van der Waals surface area contributed by atoms with E-state index in [9.17, 15) is 0 Å². The van der Waals surface area contributed by atoms with Gasteiger partial charge in [-0.1, -0.05) is 13.0 Å². The van der Waals surface area contributed by atoms with E-state index < -0.39 is 0 Å². The van der Waals surface area contributed by atoms with Crippen molar-refractivity contribution >= 4 is 11.3 Å². The first kappa shape index (κ1) is 12.1. The number of likely N-dealkylation sites (tertiary alicyclic amines) is 1. The highest BCUT2D eigenvalue weighted by Gasteiger charge is 2.22. The maximum Gasteiger partial charge on any atom is 0.0564 e. The van der Waals surface area contributed by atoms with Gasteiger partial charge in [0.05, 0.1) is 6.04 Å². The Morgan fingerprint density at radius 3 is 3.06 bits per heavy atom. The summed E-state index contributed by atoms with van der Waals surface area (Å²) in [6, 6.07) is 4.80. The first-order valence-corrected chi connectivity index (χ1v) is 7.16. The van der Waals surface area contributed by atoms with Gasteiger partial charge in [0.1, 0.15) is 0 Å². The van der Waals surface area contributed by atoms with E-state index in [-0.39, 0.29) is 0 Å². The normalized spacial score (nSPS) is 25.2. The standard InChI is InChI=1S/C13H22N2S/c1-11-4-2-7-15(8-6-11)12(10-14)13-5-3-9-16-13/h3,5,9,11-12H,2,4,6-8,10,14H2,1H3. The molecule has 90 valence electrons. The largest absolute Gasteiger partial charge is 0.329 e. The van der Waals surface area contributed by atoms with Crippen molar-refractivity contribution in [1.82, 2.24) is 4.90 Å². The number of hydrogen-bond donors (Lipinski definition) is 1. The lowest BCUT2D eigenvalue weighted by Gasteiger charge is -2.28. The van der Waals surface area contributed by atoms with E-state index in [2.05, 4.69) is 29.3 Å². The highest BCUT2D eigenvalue weighted by Crippen LogP contribution is 2.27. The van der Waals surface area contributed by atoms with Gasteiger partial charge in [0.25, 0.3) is 0 Å². The Bertz CT molecular complexity index is 297. The van der Waals surface area contributed by atoms with Crippen LogP contribution in [0.5, 0.6) is 0 Å². The molecule has 2 N–H and O–H groups in total. The van der Waals surface area contributed by atoms with Crippen LogP contribution in [-0.4, -0.2) is 24.5 Å². The Morgan fingerprint density at radius 2 is 2.38 bits per heavy atom. The van der Waals surface area contributed by atoms with Crippen LogP contribution in [-0.2, 0) is 0 Å². The predicted octanol–water partition coefficient (Wildman–Crippen LogP) is 2.87. The van der Waals surface area contributed by atoms with Crippen LogP contribution < -0.4 is 5.73 Å². The lowest BCUT2D eigenvalue weighted by Crippen LogP contribution is -2.34. The van der Waals surface area contributed by atoms with Gasteiger partial charge in [-0.3, -0.25) is 4.90 Å². The fraction of sp³-hybridized carbons (Fsp3) is 0.692. The molecule has 1 aliphatic rings. The second kappa shape index (κ2) is 5.80. The summed E-state index contributed by atoms with van der Waals surface area (Å²) in [5.74, 6) is 0.881. The van der Waals surface area contributed by atoms with Crippen molar-refractivity contribution in [2.45, 2.75) is 32.2 Å². The van der Waals surface area contributed by atoms with Gasteiger partial charge in [-0.25, -0.2) is 0 Å². The molecule has 3 heteroatoms. The lowest BCUT2D eigenvalue weighted by molar-refractivity contribution is 0.210. The molecule has 1 aromatic rings. The van der Waals surface area contributed by atoms with Crippen LogP contribution in [0, 0.1) is 5.92 Å². The van der Waals surface area contributed by atoms with E-state index in [1.807, 2.05) is 11.3 Å².